The smallest absolute Gasteiger partial charge is 0.303 e. The topological polar surface area (TPSA) is 70.5 Å². The number of piperidine rings is 1. The lowest BCUT2D eigenvalue weighted by molar-refractivity contribution is -0.137. The van der Waals surface area contributed by atoms with E-state index in [1.54, 1.807) is 28.5 Å². The van der Waals surface area contributed by atoms with Gasteiger partial charge in [-0.1, -0.05) is 18.2 Å². The Kier molecular flexibility index (Phi) is 5.98. The van der Waals surface area contributed by atoms with Gasteiger partial charge in [0.2, 0.25) is 0 Å². The quantitative estimate of drug-likeness (QED) is 0.836. The van der Waals surface area contributed by atoms with Crippen LogP contribution >= 0.6 is 11.3 Å². The maximum absolute atomic E-state index is 13.8. The number of benzene rings is 1. The van der Waals surface area contributed by atoms with Crippen molar-refractivity contribution in [2.45, 2.75) is 32.1 Å². The van der Waals surface area contributed by atoms with Crippen LogP contribution in [0.5, 0.6) is 0 Å². The molecule has 0 radical (unpaired) electrons. The average molecular weight is 376 g/mol. The molecule has 1 aromatic carbocycles. The number of carboxylic acids is 1. The van der Waals surface area contributed by atoms with E-state index in [1.165, 1.54) is 17.4 Å². The molecule has 2 aromatic rings. The van der Waals surface area contributed by atoms with E-state index in [4.69, 9.17) is 5.11 Å². The second kappa shape index (κ2) is 8.40. The number of hydrogen-bond donors (Lipinski definition) is 1. The third-order valence-corrected chi connectivity index (χ3v) is 5.49. The minimum atomic E-state index is -0.800. The number of nitrogens with zero attached hydrogens (tertiary/aromatic N) is 2. The van der Waals surface area contributed by atoms with Gasteiger partial charge < -0.3 is 10.0 Å². The van der Waals surface area contributed by atoms with Gasteiger partial charge in [0.1, 0.15) is 11.5 Å². The summed E-state index contributed by atoms with van der Waals surface area (Å²) in [6, 6.07) is 6.56. The van der Waals surface area contributed by atoms with Crippen LogP contribution in [-0.2, 0) is 11.2 Å². The van der Waals surface area contributed by atoms with E-state index in [1.807, 2.05) is 0 Å². The van der Waals surface area contributed by atoms with Crippen LogP contribution in [0.15, 0.2) is 29.6 Å². The number of aliphatic carboxylic acids is 1. The first kappa shape index (κ1) is 18.5. The second-order valence-corrected chi connectivity index (χ2v) is 7.53. The van der Waals surface area contributed by atoms with Gasteiger partial charge in [-0.05, 0) is 36.8 Å². The fourth-order valence-electron chi connectivity index (χ4n) is 3.27. The summed E-state index contributed by atoms with van der Waals surface area (Å²) < 4.78 is 13.8. The Morgan fingerprint density at radius 3 is 2.92 bits per heavy atom. The fraction of sp³-hybridized carbons (Fsp3) is 0.421. The van der Waals surface area contributed by atoms with Crippen molar-refractivity contribution in [2.24, 2.45) is 5.92 Å². The van der Waals surface area contributed by atoms with Gasteiger partial charge in [-0.3, -0.25) is 9.59 Å². The molecule has 1 aliphatic rings. The first-order valence-electron chi connectivity index (χ1n) is 8.72. The Bertz CT molecular complexity index is 793. The maximum Gasteiger partial charge on any atom is 0.303 e. The Labute approximate surface area is 155 Å². The minimum Gasteiger partial charge on any atom is -0.481 e. The molecule has 0 bridgehead atoms. The summed E-state index contributed by atoms with van der Waals surface area (Å²) in [5.41, 5.74) is 0.952. The molecular formula is C19H21FN2O3S. The molecule has 1 aromatic heterocycles. The largest absolute Gasteiger partial charge is 0.481 e. The van der Waals surface area contributed by atoms with E-state index < -0.39 is 5.97 Å². The predicted molar refractivity (Wildman–Crippen MR) is 96.8 cm³/mol. The molecule has 1 saturated heterocycles. The number of rotatable bonds is 6. The zero-order chi connectivity index (χ0) is 18.5. The Balaban J connectivity index is 1.62. The molecule has 1 N–H and O–H groups in total. The number of halogens is 1. The summed E-state index contributed by atoms with van der Waals surface area (Å²) in [5.74, 6) is -0.972. The molecule has 3 rings (SSSR count). The van der Waals surface area contributed by atoms with Crippen molar-refractivity contribution in [3.63, 3.8) is 0 Å². The number of carbonyl (C=O) groups is 2. The van der Waals surface area contributed by atoms with E-state index >= 15 is 0 Å². The van der Waals surface area contributed by atoms with Gasteiger partial charge in [0.05, 0.1) is 5.01 Å². The van der Waals surface area contributed by atoms with Crippen molar-refractivity contribution in [2.75, 3.05) is 13.1 Å². The molecular weight excluding hydrogens is 355 g/mol. The molecule has 1 atom stereocenters. The van der Waals surface area contributed by atoms with E-state index in [2.05, 4.69) is 4.98 Å². The number of amides is 1. The van der Waals surface area contributed by atoms with Crippen LogP contribution in [0.25, 0.3) is 0 Å². The van der Waals surface area contributed by atoms with Gasteiger partial charge in [0.25, 0.3) is 5.91 Å². The third-order valence-electron chi connectivity index (χ3n) is 4.64. The summed E-state index contributed by atoms with van der Waals surface area (Å²) in [7, 11) is 0. The van der Waals surface area contributed by atoms with E-state index in [0.29, 0.717) is 42.2 Å². The fourth-order valence-corrected chi connectivity index (χ4v) is 4.06. The summed E-state index contributed by atoms with van der Waals surface area (Å²) in [4.78, 5) is 29.6. The molecule has 5 nitrogen and oxygen atoms in total. The number of aromatic nitrogens is 1. The molecule has 1 amide bonds. The third kappa shape index (κ3) is 4.66. The van der Waals surface area contributed by atoms with Gasteiger partial charge >= 0.3 is 5.97 Å². The first-order valence-corrected chi connectivity index (χ1v) is 9.60. The normalized spacial score (nSPS) is 17.3. The lowest BCUT2D eigenvalue weighted by Gasteiger charge is -2.32. The molecule has 1 aliphatic heterocycles. The summed E-state index contributed by atoms with van der Waals surface area (Å²) in [6.45, 7) is 1.24. The molecule has 1 fully saturated rings. The lowest BCUT2D eigenvalue weighted by atomic mass is 9.93. The Morgan fingerprint density at radius 1 is 1.35 bits per heavy atom. The second-order valence-electron chi connectivity index (χ2n) is 6.59. The molecule has 26 heavy (non-hydrogen) atoms. The highest BCUT2D eigenvalue weighted by Gasteiger charge is 2.26. The van der Waals surface area contributed by atoms with Crippen molar-refractivity contribution in [3.8, 4) is 0 Å². The molecule has 7 heteroatoms. The van der Waals surface area contributed by atoms with Gasteiger partial charge in [-0.2, -0.15) is 0 Å². The van der Waals surface area contributed by atoms with Crippen molar-refractivity contribution in [3.05, 3.63) is 51.7 Å². The van der Waals surface area contributed by atoms with Gasteiger partial charge in [-0.15, -0.1) is 11.3 Å². The molecule has 138 valence electrons. The van der Waals surface area contributed by atoms with Crippen LogP contribution in [0.4, 0.5) is 4.39 Å². The van der Waals surface area contributed by atoms with Crippen molar-refractivity contribution in [1.29, 1.82) is 0 Å². The summed E-state index contributed by atoms with van der Waals surface area (Å²) in [6.07, 6.45) is 2.92. The van der Waals surface area contributed by atoms with Crippen molar-refractivity contribution in [1.82, 2.24) is 9.88 Å². The Morgan fingerprint density at radius 2 is 2.15 bits per heavy atom. The maximum atomic E-state index is 13.8. The van der Waals surface area contributed by atoms with Crippen LogP contribution in [0.2, 0.25) is 0 Å². The van der Waals surface area contributed by atoms with Gasteiger partial charge in [0.15, 0.2) is 0 Å². The van der Waals surface area contributed by atoms with Crippen molar-refractivity contribution < 1.29 is 19.1 Å². The average Bonchev–Trinajstić information content (AvgIpc) is 3.10. The molecule has 0 spiro atoms. The first-order chi connectivity index (χ1) is 12.5. The van der Waals surface area contributed by atoms with Crippen LogP contribution in [0.3, 0.4) is 0 Å². The lowest BCUT2D eigenvalue weighted by Crippen LogP contribution is -2.40. The van der Waals surface area contributed by atoms with Crippen LogP contribution < -0.4 is 0 Å². The van der Waals surface area contributed by atoms with E-state index in [9.17, 15) is 14.0 Å². The highest BCUT2D eigenvalue weighted by atomic mass is 32.1. The number of carboxylic acid groups (broad SMARTS) is 1. The van der Waals surface area contributed by atoms with Crippen LogP contribution in [0, 0.1) is 11.7 Å². The minimum absolute atomic E-state index is 0.124. The molecule has 0 saturated carbocycles. The van der Waals surface area contributed by atoms with E-state index in [-0.39, 0.29) is 24.1 Å². The summed E-state index contributed by atoms with van der Waals surface area (Å²) >= 11 is 1.36. The highest BCUT2D eigenvalue weighted by Crippen LogP contribution is 2.24. The van der Waals surface area contributed by atoms with Gasteiger partial charge in [-0.25, -0.2) is 9.37 Å². The highest BCUT2D eigenvalue weighted by molar-refractivity contribution is 7.09. The van der Waals surface area contributed by atoms with Crippen molar-refractivity contribution >= 4 is 23.2 Å². The SMILES string of the molecule is O=C(O)CC[C@H]1CCCN(C(=O)c2csc(Cc3ccccc3F)n2)C1. The number of hydrogen-bond acceptors (Lipinski definition) is 4. The molecule has 0 unspecified atom stereocenters. The number of likely N-dealkylation sites (tertiary alicyclic amines) is 1. The van der Waals surface area contributed by atoms with Gasteiger partial charge in [0, 0.05) is 31.3 Å². The number of carbonyl (C=O) groups excluding carboxylic acids is 1. The van der Waals surface area contributed by atoms with Crippen LogP contribution in [-0.4, -0.2) is 40.0 Å². The zero-order valence-corrected chi connectivity index (χ0v) is 15.2. The predicted octanol–water partition coefficient (Wildman–Crippen LogP) is 3.59. The standard InChI is InChI=1S/C19H21FN2O3S/c20-15-6-2-1-5-14(15)10-17-21-16(12-26-17)19(25)22-9-3-4-13(11-22)7-8-18(23)24/h1-2,5-6,12-13H,3-4,7-11H2,(H,23,24)/t13-/m1/s1. The van der Waals surface area contributed by atoms with E-state index in [0.717, 1.165) is 12.8 Å². The number of thiazole rings is 1. The molecule has 0 aliphatic carbocycles. The molecule has 2 heterocycles. The monoisotopic (exact) mass is 376 g/mol. The zero-order valence-electron chi connectivity index (χ0n) is 14.4. The Hall–Kier alpha value is -2.28. The summed E-state index contributed by atoms with van der Waals surface area (Å²) in [5, 5.41) is 11.3. The van der Waals surface area contributed by atoms with Crippen LogP contribution in [0.1, 0.15) is 46.7 Å².